The maximum absolute atomic E-state index is 12.7. The Labute approximate surface area is 96.5 Å². The van der Waals surface area contributed by atoms with Crippen molar-refractivity contribution in [2.45, 2.75) is 38.8 Å². The second kappa shape index (κ2) is 5.41. The molecule has 3 heteroatoms. The third-order valence-electron chi connectivity index (χ3n) is 2.33. The van der Waals surface area contributed by atoms with Crippen molar-refractivity contribution in [3.8, 4) is 0 Å². The Morgan fingerprint density at radius 2 is 1.81 bits per heavy atom. The first-order chi connectivity index (χ1) is 7.38. The van der Waals surface area contributed by atoms with Crippen LogP contribution in [0.1, 0.15) is 38.9 Å². The smallest absolute Gasteiger partial charge is 0.123 e. The highest BCUT2D eigenvalue weighted by Gasteiger charge is 2.11. The first-order valence-electron chi connectivity index (χ1n) is 5.57. The van der Waals surface area contributed by atoms with Gasteiger partial charge in [-0.05, 0) is 51.4 Å². The zero-order chi connectivity index (χ0) is 12.2. The van der Waals surface area contributed by atoms with E-state index in [2.05, 4.69) is 26.1 Å². The summed E-state index contributed by atoms with van der Waals surface area (Å²) in [6.45, 7) is 6.98. The molecule has 90 valence electrons. The van der Waals surface area contributed by atoms with Crippen molar-refractivity contribution < 1.29 is 9.50 Å². The van der Waals surface area contributed by atoms with Crippen molar-refractivity contribution in [1.29, 1.82) is 0 Å². The fraction of sp³-hybridized carbons (Fsp3) is 0.538. The highest BCUT2D eigenvalue weighted by molar-refractivity contribution is 5.18. The molecule has 0 saturated carbocycles. The second-order valence-electron chi connectivity index (χ2n) is 5.03. The van der Waals surface area contributed by atoms with E-state index in [1.54, 1.807) is 12.1 Å². The van der Waals surface area contributed by atoms with E-state index in [0.29, 0.717) is 6.42 Å². The van der Waals surface area contributed by atoms with Gasteiger partial charge in [0.1, 0.15) is 5.82 Å². The summed E-state index contributed by atoms with van der Waals surface area (Å²) in [5, 5.41) is 13.1. The highest BCUT2D eigenvalue weighted by atomic mass is 19.1. The average Bonchev–Trinajstić information content (AvgIpc) is 2.16. The van der Waals surface area contributed by atoms with Crippen molar-refractivity contribution >= 4 is 0 Å². The van der Waals surface area contributed by atoms with E-state index in [4.69, 9.17) is 0 Å². The van der Waals surface area contributed by atoms with E-state index in [1.807, 2.05) is 0 Å². The second-order valence-corrected chi connectivity index (χ2v) is 5.03. The summed E-state index contributed by atoms with van der Waals surface area (Å²) >= 11 is 0. The minimum Gasteiger partial charge on any atom is -0.388 e. The van der Waals surface area contributed by atoms with Crippen LogP contribution in [0.15, 0.2) is 24.3 Å². The predicted octanol–water partition coefficient (Wildman–Crippen LogP) is 2.64. The van der Waals surface area contributed by atoms with E-state index in [-0.39, 0.29) is 11.4 Å². The number of benzene rings is 1. The Morgan fingerprint density at radius 3 is 2.31 bits per heavy atom. The Balaban J connectivity index is 2.41. The lowest BCUT2D eigenvalue weighted by atomic mass is 10.1. The number of halogens is 1. The molecule has 0 aliphatic heterocycles. The molecule has 1 unspecified atom stereocenters. The van der Waals surface area contributed by atoms with Gasteiger partial charge in [-0.25, -0.2) is 4.39 Å². The fourth-order valence-corrected chi connectivity index (χ4v) is 1.44. The average molecular weight is 225 g/mol. The minimum absolute atomic E-state index is 0.0581. The van der Waals surface area contributed by atoms with Gasteiger partial charge in [0, 0.05) is 5.54 Å². The lowest BCUT2D eigenvalue weighted by Crippen LogP contribution is -2.36. The molecule has 1 atom stereocenters. The van der Waals surface area contributed by atoms with Crippen LogP contribution in [0, 0.1) is 5.82 Å². The molecule has 0 fully saturated rings. The molecule has 0 aromatic heterocycles. The molecule has 1 aromatic carbocycles. The summed E-state index contributed by atoms with van der Waals surface area (Å²) in [5.74, 6) is -0.274. The van der Waals surface area contributed by atoms with Crippen molar-refractivity contribution in [3.63, 3.8) is 0 Å². The third-order valence-corrected chi connectivity index (χ3v) is 2.33. The third kappa shape index (κ3) is 4.73. The van der Waals surface area contributed by atoms with Crippen LogP contribution in [0.5, 0.6) is 0 Å². The van der Waals surface area contributed by atoms with Gasteiger partial charge in [-0.1, -0.05) is 12.1 Å². The van der Waals surface area contributed by atoms with Gasteiger partial charge < -0.3 is 10.4 Å². The van der Waals surface area contributed by atoms with E-state index in [9.17, 15) is 9.50 Å². The first-order valence-corrected chi connectivity index (χ1v) is 5.57. The molecule has 2 N–H and O–H groups in total. The Hall–Kier alpha value is -0.930. The maximum atomic E-state index is 12.7. The normalized spacial score (nSPS) is 13.8. The summed E-state index contributed by atoms with van der Waals surface area (Å²) in [6, 6.07) is 5.99. The molecule has 0 saturated heterocycles. The van der Waals surface area contributed by atoms with E-state index in [0.717, 1.165) is 12.1 Å². The van der Waals surface area contributed by atoms with Crippen molar-refractivity contribution in [1.82, 2.24) is 5.32 Å². The van der Waals surface area contributed by atoms with Crippen LogP contribution in [0.25, 0.3) is 0 Å². The van der Waals surface area contributed by atoms with E-state index >= 15 is 0 Å². The lowest BCUT2D eigenvalue weighted by Gasteiger charge is -2.21. The maximum Gasteiger partial charge on any atom is 0.123 e. The standard InChI is InChI=1S/C13H20FNO/c1-13(2,3)15-9-8-12(16)10-4-6-11(14)7-5-10/h4-7,12,15-16H,8-9H2,1-3H3. The van der Waals surface area contributed by atoms with Gasteiger partial charge in [0.05, 0.1) is 6.10 Å². The van der Waals surface area contributed by atoms with E-state index < -0.39 is 6.10 Å². The van der Waals surface area contributed by atoms with Gasteiger partial charge in [0.2, 0.25) is 0 Å². The summed E-state index contributed by atoms with van der Waals surface area (Å²) in [6.07, 6.45) is 0.0959. The predicted molar refractivity (Wildman–Crippen MR) is 63.7 cm³/mol. The molecule has 16 heavy (non-hydrogen) atoms. The number of rotatable bonds is 4. The molecule has 0 aliphatic rings. The summed E-state index contributed by atoms with van der Waals surface area (Å²) in [4.78, 5) is 0. The number of aliphatic hydroxyl groups excluding tert-OH is 1. The Morgan fingerprint density at radius 1 is 1.25 bits per heavy atom. The van der Waals surface area contributed by atoms with Crippen molar-refractivity contribution in [2.75, 3.05) is 6.54 Å². The molecule has 2 nitrogen and oxygen atoms in total. The zero-order valence-electron chi connectivity index (χ0n) is 10.1. The fourth-order valence-electron chi connectivity index (χ4n) is 1.44. The number of nitrogens with one attached hydrogen (secondary N) is 1. The molecule has 0 aliphatic carbocycles. The zero-order valence-corrected chi connectivity index (χ0v) is 10.1. The van der Waals surface area contributed by atoms with Crippen LogP contribution in [-0.2, 0) is 0 Å². The molecule has 0 heterocycles. The van der Waals surface area contributed by atoms with Crippen LogP contribution < -0.4 is 5.32 Å². The summed E-state index contributed by atoms with van der Waals surface area (Å²) in [5.41, 5.74) is 0.819. The van der Waals surface area contributed by atoms with Crippen LogP contribution in [0.3, 0.4) is 0 Å². The van der Waals surface area contributed by atoms with Crippen LogP contribution in [0.4, 0.5) is 4.39 Å². The number of hydrogen-bond acceptors (Lipinski definition) is 2. The monoisotopic (exact) mass is 225 g/mol. The topological polar surface area (TPSA) is 32.3 Å². The first kappa shape index (κ1) is 13.1. The summed E-state index contributed by atoms with van der Waals surface area (Å²) in [7, 11) is 0. The summed E-state index contributed by atoms with van der Waals surface area (Å²) < 4.78 is 12.7. The molecular formula is C13H20FNO. The molecule has 1 aromatic rings. The van der Waals surface area contributed by atoms with Gasteiger partial charge in [0.25, 0.3) is 0 Å². The largest absolute Gasteiger partial charge is 0.388 e. The van der Waals surface area contributed by atoms with Crippen molar-refractivity contribution in [3.05, 3.63) is 35.6 Å². The Bertz CT molecular complexity index is 316. The van der Waals surface area contributed by atoms with Gasteiger partial charge in [-0.15, -0.1) is 0 Å². The number of aliphatic hydroxyl groups is 1. The molecule has 0 bridgehead atoms. The SMILES string of the molecule is CC(C)(C)NCCC(O)c1ccc(F)cc1. The molecule has 0 spiro atoms. The van der Waals surface area contributed by atoms with Crippen LogP contribution in [0.2, 0.25) is 0 Å². The lowest BCUT2D eigenvalue weighted by molar-refractivity contribution is 0.163. The van der Waals surface area contributed by atoms with Gasteiger partial charge in [-0.3, -0.25) is 0 Å². The highest BCUT2D eigenvalue weighted by Crippen LogP contribution is 2.16. The van der Waals surface area contributed by atoms with Gasteiger partial charge in [0.15, 0.2) is 0 Å². The minimum atomic E-state index is -0.532. The molecule has 1 rings (SSSR count). The van der Waals surface area contributed by atoms with Crippen LogP contribution >= 0.6 is 0 Å². The van der Waals surface area contributed by atoms with Gasteiger partial charge >= 0.3 is 0 Å². The number of hydrogen-bond donors (Lipinski definition) is 2. The quantitative estimate of drug-likeness (QED) is 0.825. The van der Waals surface area contributed by atoms with Crippen molar-refractivity contribution in [2.24, 2.45) is 0 Å². The molecule has 0 radical (unpaired) electrons. The van der Waals surface area contributed by atoms with Crippen LogP contribution in [-0.4, -0.2) is 17.2 Å². The van der Waals surface area contributed by atoms with Gasteiger partial charge in [-0.2, -0.15) is 0 Å². The molecule has 0 amide bonds. The molecular weight excluding hydrogens is 205 g/mol. The Kier molecular flexibility index (Phi) is 4.44. The van der Waals surface area contributed by atoms with E-state index in [1.165, 1.54) is 12.1 Å².